The first kappa shape index (κ1) is 18.3. The van der Waals surface area contributed by atoms with Crippen LogP contribution >= 0.6 is 0 Å². The number of nitrogens with zero attached hydrogens (tertiary/aromatic N) is 5. The van der Waals surface area contributed by atoms with Gasteiger partial charge in [-0.2, -0.15) is 9.36 Å². The topological polar surface area (TPSA) is 74.3 Å². The van der Waals surface area contributed by atoms with Crippen LogP contribution in [0, 0.1) is 6.92 Å². The predicted octanol–water partition coefficient (Wildman–Crippen LogP) is 2.88. The highest BCUT2D eigenvalue weighted by Crippen LogP contribution is 2.18. The average molecular weight is 363 g/mol. The van der Waals surface area contributed by atoms with Crippen molar-refractivity contribution >= 4 is 11.8 Å². The lowest BCUT2D eigenvalue weighted by Gasteiger charge is -2.10. The number of aryl methyl sites for hydroxylation is 2. The maximum Gasteiger partial charge on any atom is 0.368 e. The zero-order valence-corrected chi connectivity index (χ0v) is 15.5. The van der Waals surface area contributed by atoms with E-state index in [0.29, 0.717) is 5.69 Å². The lowest BCUT2D eigenvalue weighted by atomic mass is 10.1. The third kappa shape index (κ3) is 4.38. The van der Waals surface area contributed by atoms with Crippen molar-refractivity contribution in [3.8, 4) is 5.69 Å². The zero-order valence-electron chi connectivity index (χ0n) is 15.5. The number of hydrogen-bond donors (Lipinski definition) is 0. The molecular formula is C20H21N5O2. The number of aromatic nitrogens is 4. The fourth-order valence-electron chi connectivity index (χ4n) is 2.55. The van der Waals surface area contributed by atoms with Gasteiger partial charge in [-0.3, -0.25) is 0 Å². The summed E-state index contributed by atoms with van der Waals surface area (Å²) in [6.07, 6.45) is 3.86. The Kier molecular flexibility index (Phi) is 5.61. The molecule has 0 spiro atoms. The summed E-state index contributed by atoms with van der Waals surface area (Å²) in [5.74, 6) is 0. The second-order valence-electron chi connectivity index (χ2n) is 6.12. The van der Waals surface area contributed by atoms with Crippen LogP contribution in [-0.2, 0) is 18.5 Å². The molecule has 0 unspecified atom stereocenters. The summed E-state index contributed by atoms with van der Waals surface area (Å²) >= 11 is 0. The van der Waals surface area contributed by atoms with E-state index in [4.69, 9.17) is 4.84 Å². The summed E-state index contributed by atoms with van der Waals surface area (Å²) in [4.78, 5) is 17.7. The molecule has 7 nitrogen and oxygen atoms in total. The highest BCUT2D eigenvalue weighted by molar-refractivity contribution is 5.95. The Morgan fingerprint density at radius 2 is 1.93 bits per heavy atom. The smallest absolute Gasteiger partial charge is 0.368 e. The van der Waals surface area contributed by atoms with E-state index in [9.17, 15) is 4.79 Å². The van der Waals surface area contributed by atoms with Crippen LogP contribution in [0.1, 0.15) is 23.6 Å². The summed E-state index contributed by atoms with van der Waals surface area (Å²) in [5, 5.41) is 11.8. The van der Waals surface area contributed by atoms with E-state index in [-0.39, 0.29) is 12.3 Å². The average Bonchev–Trinajstić information content (AvgIpc) is 3.01. The van der Waals surface area contributed by atoms with Gasteiger partial charge in [-0.15, -0.1) is 0 Å². The van der Waals surface area contributed by atoms with E-state index in [1.165, 1.54) is 9.36 Å². The van der Waals surface area contributed by atoms with Gasteiger partial charge < -0.3 is 4.84 Å². The van der Waals surface area contributed by atoms with E-state index in [0.717, 1.165) is 22.4 Å². The monoisotopic (exact) mass is 363 g/mol. The number of oxime groups is 1. The molecule has 0 saturated heterocycles. The number of rotatable bonds is 6. The van der Waals surface area contributed by atoms with Crippen molar-refractivity contribution in [3.63, 3.8) is 0 Å². The number of hydrogen-bond acceptors (Lipinski definition) is 5. The molecule has 0 amide bonds. The minimum Gasteiger partial charge on any atom is -0.391 e. The third-order valence-corrected chi connectivity index (χ3v) is 4.07. The van der Waals surface area contributed by atoms with Gasteiger partial charge in [-0.05, 0) is 47.5 Å². The van der Waals surface area contributed by atoms with Crippen molar-refractivity contribution in [3.05, 3.63) is 81.8 Å². The van der Waals surface area contributed by atoms with Gasteiger partial charge >= 0.3 is 5.69 Å². The quantitative estimate of drug-likeness (QED) is 0.499. The first-order chi connectivity index (χ1) is 13.1. The van der Waals surface area contributed by atoms with Crippen LogP contribution in [0.15, 0.2) is 64.6 Å². The Hall–Kier alpha value is -3.48. The molecule has 0 radical (unpaired) electrons. The molecule has 1 aromatic heterocycles. The summed E-state index contributed by atoms with van der Waals surface area (Å²) in [5.41, 5.74) is 3.98. The van der Waals surface area contributed by atoms with Crippen LogP contribution in [0.2, 0.25) is 0 Å². The minimum atomic E-state index is -0.313. The van der Waals surface area contributed by atoms with Gasteiger partial charge in [0.1, 0.15) is 6.61 Å². The van der Waals surface area contributed by atoms with Crippen LogP contribution in [0.5, 0.6) is 0 Å². The zero-order chi connectivity index (χ0) is 19.2. The van der Waals surface area contributed by atoms with Gasteiger partial charge in [0.25, 0.3) is 0 Å². The first-order valence-corrected chi connectivity index (χ1v) is 8.54. The summed E-state index contributed by atoms with van der Waals surface area (Å²) in [6.45, 7) is 4.04. The molecular weight excluding hydrogens is 342 g/mol. The second kappa shape index (κ2) is 8.27. The van der Waals surface area contributed by atoms with E-state index in [2.05, 4.69) is 15.6 Å². The Balaban J connectivity index is 1.75. The van der Waals surface area contributed by atoms with Gasteiger partial charge in [0.15, 0.2) is 0 Å². The van der Waals surface area contributed by atoms with Crippen molar-refractivity contribution in [1.29, 1.82) is 0 Å². The Labute approximate surface area is 157 Å². The van der Waals surface area contributed by atoms with Crippen LogP contribution in [0.25, 0.3) is 11.8 Å². The van der Waals surface area contributed by atoms with Gasteiger partial charge in [-0.1, -0.05) is 53.7 Å². The second-order valence-corrected chi connectivity index (χ2v) is 6.12. The highest BCUT2D eigenvalue weighted by atomic mass is 16.6. The van der Waals surface area contributed by atoms with E-state index in [1.54, 1.807) is 7.05 Å². The normalized spacial score (nSPS) is 11.9. The van der Waals surface area contributed by atoms with Crippen molar-refractivity contribution < 1.29 is 4.84 Å². The molecule has 0 aliphatic rings. The Bertz CT molecular complexity index is 1030. The summed E-state index contributed by atoms with van der Waals surface area (Å²) in [6, 6.07) is 15.6. The van der Waals surface area contributed by atoms with Crippen LogP contribution < -0.4 is 5.69 Å². The Morgan fingerprint density at radius 3 is 2.63 bits per heavy atom. The Morgan fingerprint density at radius 1 is 1.15 bits per heavy atom. The molecule has 3 rings (SSSR count). The molecule has 0 aliphatic heterocycles. The maximum atomic E-state index is 12.2. The van der Waals surface area contributed by atoms with E-state index >= 15 is 0 Å². The number of tetrazole rings is 1. The van der Waals surface area contributed by atoms with Gasteiger partial charge in [0.2, 0.25) is 0 Å². The predicted molar refractivity (Wildman–Crippen MR) is 105 cm³/mol. The van der Waals surface area contributed by atoms with Gasteiger partial charge in [0, 0.05) is 12.6 Å². The largest absolute Gasteiger partial charge is 0.391 e. The van der Waals surface area contributed by atoms with E-state index < -0.39 is 0 Å². The number of allylic oxidation sites excluding steroid dienone is 1. The van der Waals surface area contributed by atoms with E-state index in [1.807, 2.05) is 74.5 Å². The fraction of sp³-hybridized carbons (Fsp3) is 0.200. The molecule has 0 saturated carbocycles. The fourth-order valence-corrected chi connectivity index (χ4v) is 2.55. The molecule has 27 heavy (non-hydrogen) atoms. The molecule has 7 heteroatoms. The molecule has 0 aliphatic carbocycles. The SMILES string of the molecule is CC(/C=C/c1ccccc1)=NOCc1c(C)cccc1-n1nnn(C)c1=O. The molecule has 2 aromatic carbocycles. The number of benzene rings is 2. The molecule has 1 heterocycles. The van der Waals surface area contributed by atoms with Crippen molar-refractivity contribution in [2.24, 2.45) is 12.2 Å². The van der Waals surface area contributed by atoms with Gasteiger partial charge in [-0.25, -0.2) is 4.79 Å². The van der Waals surface area contributed by atoms with Crippen molar-refractivity contribution in [2.45, 2.75) is 20.5 Å². The minimum absolute atomic E-state index is 0.224. The van der Waals surface area contributed by atoms with Crippen LogP contribution in [0.3, 0.4) is 0 Å². The molecule has 0 atom stereocenters. The maximum absolute atomic E-state index is 12.2. The summed E-state index contributed by atoms with van der Waals surface area (Å²) < 4.78 is 2.45. The molecule has 0 fully saturated rings. The lowest BCUT2D eigenvalue weighted by Crippen LogP contribution is -2.23. The molecule has 0 bridgehead atoms. The standard InChI is InChI=1S/C20H21N5O2/c1-15-8-7-11-19(25-20(26)24(3)22-23-25)18(15)14-27-21-16(2)12-13-17-9-5-4-6-10-17/h4-13H,14H2,1-3H3/b13-12+,21-16?. The summed E-state index contributed by atoms with van der Waals surface area (Å²) in [7, 11) is 1.56. The molecule has 138 valence electrons. The lowest BCUT2D eigenvalue weighted by molar-refractivity contribution is 0.130. The van der Waals surface area contributed by atoms with Crippen molar-refractivity contribution in [1.82, 2.24) is 19.8 Å². The van der Waals surface area contributed by atoms with Crippen molar-refractivity contribution in [2.75, 3.05) is 0 Å². The van der Waals surface area contributed by atoms with Crippen LogP contribution in [-0.4, -0.2) is 25.5 Å². The first-order valence-electron chi connectivity index (χ1n) is 8.54. The van der Waals surface area contributed by atoms with Gasteiger partial charge in [0.05, 0.1) is 11.4 Å². The molecule has 3 aromatic rings. The molecule has 0 N–H and O–H groups in total. The van der Waals surface area contributed by atoms with Crippen LogP contribution in [0.4, 0.5) is 0 Å². The third-order valence-electron chi connectivity index (χ3n) is 4.07. The highest BCUT2D eigenvalue weighted by Gasteiger charge is 2.13.